The van der Waals surface area contributed by atoms with E-state index in [0.717, 1.165) is 48.3 Å². The molecule has 130 valence electrons. The van der Waals surface area contributed by atoms with Gasteiger partial charge in [-0.2, -0.15) is 0 Å². The third-order valence-electron chi connectivity index (χ3n) is 4.60. The van der Waals surface area contributed by atoms with Crippen LogP contribution in [0.4, 0.5) is 5.82 Å². The average molecular weight is 371 g/mol. The third-order valence-corrected chi connectivity index (χ3v) is 6.26. The van der Waals surface area contributed by atoms with Crippen LogP contribution in [0.3, 0.4) is 0 Å². The topological polar surface area (TPSA) is 41.1 Å². The van der Waals surface area contributed by atoms with Gasteiger partial charge in [0.05, 0.1) is 5.39 Å². The molecule has 1 aliphatic heterocycles. The first kappa shape index (κ1) is 16.8. The molecule has 3 heterocycles. The van der Waals surface area contributed by atoms with Crippen LogP contribution in [0.25, 0.3) is 10.2 Å². The molecule has 0 unspecified atom stereocenters. The molecule has 25 heavy (non-hydrogen) atoms. The number of anilines is 1. The second-order valence-corrected chi connectivity index (χ2v) is 8.25. The molecular weight excluding hydrogens is 348 g/mol. The number of fused-ring (bicyclic) bond motifs is 3. The Bertz CT molecular complexity index is 876. The van der Waals surface area contributed by atoms with Crippen molar-refractivity contribution in [3.63, 3.8) is 0 Å². The monoisotopic (exact) mass is 370 g/mol. The smallest absolute Gasteiger partial charge is 0.190 e. The van der Waals surface area contributed by atoms with Gasteiger partial charge in [0.2, 0.25) is 0 Å². The standard InChI is InChI=1S/C19H22N4S2/c1-23-11-9-14-15(12-23)25-18-16(14)17(21-19(22-18)24-2)20-10-8-13-6-4-3-5-7-13/h3-7H,8-12H2,1-2H3,(H,20,21,22). The lowest BCUT2D eigenvalue weighted by Gasteiger charge is -2.22. The van der Waals surface area contributed by atoms with Gasteiger partial charge in [-0.3, -0.25) is 0 Å². The number of aromatic nitrogens is 2. The van der Waals surface area contributed by atoms with Gasteiger partial charge < -0.3 is 10.2 Å². The molecule has 2 aromatic heterocycles. The third kappa shape index (κ3) is 3.52. The van der Waals surface area contributed by atoms with Crippen molar-refractivity contribution in [3.8, 4) is 0 Å². The number of thiophene rings is 1. The summed E-state index contributed by atoms with van der Waals surface area (Å²) in [6.45, 7) is 3.01. The van der Waals surface area contributed by atoms with Crippen LogP contribution in [-0.4, -0.2) is 41.3 Å². The Morgan fingerprint density at radius 2 is 2.08 bits per heavy atom. The highest BCUT2D eigenvalue weighted by molar-refractivity contribution is 7.98. The minimum atomic E-state index is 0.849. The van der Waals surface area contributed by atoms with E-state index < -0.39 is 0 Å². The highest BCUT2D eigenvalue weighted by Gasteiger charge is 2.22. The lowest BCUT2D eigenvalue weighted by Crippen LogP contribution is -2.25. The second-order valence-electron chi connectivity index (χ2n) is 6.39. The number of nitrogens with one attached hydrogen (secondary N) is 1. The summed E-state index contributed by atoms with van der Waals surface area (Å²) in [4.78, 5) is 14.5. The molecule has 1 aromatic carbocycles. The summed E-state index contributed by atoms with van der Waals surface area (Å²) in [5, 5.41) is 5.68. The van der Waals surface area contributed by atoms with Crippen LogP contribution >= 0.6 is 23.1 Å². The van der Waals surface area contributed by atoms with Crippen molar-refractivity contribution in [2.75, 3.05) is 31.7 Å². The lowest BCUT2D eigenvalue weighted by atomic mass is 10.1. The van der Waals surface area contributed by atoms with Gasteiger partial charge in [0, 0.05) is 24.5 Å². The molecule has 1 N–H and O–H groups in total. The average Bonchev–Trinajstić information content (AvgIpc) is 2.99. The molecule has 0 amide bonds. The fraction of sp³-hybridized carbons (Fsp3) is 0.368. The summed E-state index contributed by atoms with van der Waals surface area (Å²) < 4.78 is 0. The van der Waals surface area contributed by atoms with Crippen molar-refractivity contribution < 1.29 is 0 Å². The molecule has 0 spiro atoms. The summed E-state index contributed by atoms with van der Waals surface area (Å²) in [7, 11) is 2.19. The summed E-state index contributed by atoms with van der Waals surface area (Å²) in [5.41, 5.74) is 2.80. The van der Waals surface area contributed by atoms with Gasteiger partial charge in [-0.15, -0.1) is 11.3 Å². The van der Waals surface area contributed by atoms with Gasteiger partial charge in [0.1, 0.15) is 10.6 Å². The normalized spacial score (nSPS) is 14.6. The lowest BCUT2D eigenvalue weighted by molar-refractivity contribution is 0.318. The predicted molar refractivity (Wildman–Crippen MR) is 108 cm³/mol. The summed E-state index contributed by atoms with van der Waals surface area (Å²) in [6, 6.07) is 10.6. The molecule has 4 nitrogen and oxygen atoms in total. The first-order chi connectivity index (χ1) is 12.2. The Hall–Kier alpha value is -1.63. The van der Waals surface area contributed by atoms with Gasteiger partial charge >= 0.3 is 0 Å². The van der Waals surface area contributed by atoms with Crippen LogP contribution < -0.4 is 5.32 Å². The molecular formula is C19H22N4S2. The van der Waals surface area contributed by atoms with Gasteiger partial charge in [-0.25, -0.2) is 9.97 Å². The van der Waals surface area contributed by atoms with E-state index in [1.54, 1.807) is 11.8 Å². The molecule has 0 bridgehead atoms. The Balaban J connectivity index is 1.64. The molecule has 0 aliphatic carbocycles. The van der Waals surface area contributed by atoms with Crippen LogP contribution in [0.15, 0.2) is 35.5 Å². The molecule has 1 aliphatic rings. The maximum absolute atomic E-state index is 4.78. The molecule has 0 radical (unpaired) electrons. The minimum absolute atomic E-state index is 0.849. The van der Waals surface area contributed by atoms with Crippen LogP contribution in [0, 0.1) is 0 Å². The van der Waals surface area contributed by atoms with Gasteiger partial charge in [0.25, 0.3) is 0 Å². The quantitative estimate of drug-likeness (QED) is 0.542. The van der Waals surface area contributed by atoms with Crippen LogP contribution in [-0.2, 0) is 19.4 Å². The Morgan fingerprint density at radius 3 is 2.88 bits per heavy atom. The molecule has 0 saturated heterocycles. The van der Waals surface area contributed by atoms with Crippen molar-refractivity contribution in [1.82, 2.24) is 14.9 Å². The first-order valence-electron chi connectivity index (χ1n) is 8.57. The highest BCUT2D eigenvalue weighted by atomic mass is 32.2. The van der Waals surface area contributed by atoms with Crippen molar-refractivity contribution in [3.05, 3.63) is 46.3 Å². The van der Waals surface area contributed by atoms with Crippen molar-refractivity contribution >= 4 is 39.1 Å². The zero-order chi connectivity index (χ0) is 17.2. The number of nitrogens with zero attached hydrogens (tertiary/aromatic N) is 3. The zero-order valence-corrected chi connectivity index (χ0v) is 16.2. The van der Waals surface area contributed by atoms with E-state index in [1.165, 1.54) is 21.4 Å². The molecule has 0 saturated carbocycles. The van der Waals surface area contributed by atoms with Crippen LogP contribution in [0.1, 0.15) is 16.0 Å². The maximum atomic E-state index is 4.78. The molecule has 0 atom stereocenters. The maximum Gasteiger partial charge on any atom is 0.190 e. The predicted octanol–water partition coefficient (Wildman–Crippen LogP) is 4.06. The number of benzene rings is 1. The number of rotatable bonds is 5. The number of hydrogen-bond acceptors (Lipinski definition) is 6. The van der Waals surface area contributed by atoms with E-state index in [4.69, 9.17) is 9.97 Å². The van der Waals surface area contributed by atoms with Crippen molar-refractivity contribution in [2.24, 2.45) is 0 Å². The Kier molecular flexibility index (Phi) is 4.92. The second kappa shape index (κ2) is 7.32. The van der Waals surface area contributed by atoms with Crippen LogP contribution in [0.2, 0.25) is 0 Å². The largest absolute Gasteiger partial charge is 0.369 e. The number of likely N-dealkylation sites (N-methyl/N-ethyl adjacent to an activating group) is 1. The Morgan fingerprint density at radius 1 is 1.24 bits per heavy atom. The van der Waals surface area contributed by atoms with Crippen molar-refractivity contribution in [2.45, 2.75) is 24.5 Å². The van der Waals surface area contributed by atoms with E-state index in [9.17, 15) is 0 Å². The minimum Gasteiger partial charge on any atom is -0.369 e. The fourth-order valence-electron chi connectivity index (χ4n) is 3.29. The van der Waals surface area contributed by atoms with Gasteiger partial charge in [-0.1, -0.05) is 42.1 Å². The first-order valence-corrected chi connectivity index (χ1v) is 10.6. The summed E-state index contributed by atoms with van der Waals surface area (Å²) >= 11 is 3.44. The van der Waals surface area contributed by atoms with E-state index >= 15 is 0 Å². The number of hydrogen-bond donors (Lipinski definition) is 1. The van der Waals surface area contributed by atoms with Gasteiger partial charge in [0.15, 0.2) is 5.16 Å². The SMILES string of the molecule is CSc1nc(NCCc2ccccc2)c2c3c(sc2n1)CN(C)CC3. The molecule has 0 fully saturated rings. The van der Waals surface area contributed by atoms with E-state index in [0.29, 0.717) is 0 Å². The molecule has 4 rings (SSSR count). The van der Waals surface area contributed by atoms with E-state index in [-0.39, 0.29) is 0 Å². The zero-order valence-electron chi connectivity index (χ0n) is 14.6. The highest BCUT2D eigenvalue weighted by Crippen LogP contribution is 2.38. The van der Waals surface area contributed by atoms with Crippen molar-refractivity contribution in [1.29, 1.82) is 0 Å². The van der Waals surface area contributed by atoms with E-state index in [2.05, 4.69) is 47.6 Å². The fourth-order valence-corrected chi connectivity index (χ4v) is 5.01. The Labute approximate surface area is 156 Å². The molecule has 6 heteroatoms. The number of thioether (sulfide) groups is 1. The van der Waals surface area contributed by atoms with Gasteiger partial charge in [-0.05, 0) is 37.3 Å². The molecule has 3 aromatic rings. The van der Waals surface area contributed by atoms with E-state index in [1.807, 2.05) is 17.6 Å². The summed E-state index contributed by atoms with van der Waals surface area (Å²) in [6.07, 6.45) is 4.12. The van der Waals surface area contributed by atoms with Crippen LogP contribution in [0.5, 0.6) is 0 Å². The summed E-state index contributed by atoms with van der Waals surface area (Å²) in [5.74, 6) is 1.01.